The minimum atomic E-state index is -3.33. The van der Waals surface area contributed by atoms with Crippen molar-refractivity contribution in [2.75, 3.05) is 12.8 Å². The predicted molar refractivity (Wildman–Crippen MR) is 101 cm³/mol. The Hall–Kier alpha value is -1.37. The molecule has 0 radical (unpaired) electrons. The molecule has 0 atom stereocenters. The van der Waals surface area contributed by atoms with Crippen LogP contribution in [0.4, 0.5) is 0 Å². The molecule has 0 bridgehead atoms. The van der Waals surface area contributed by atoms with Gasteiger partial charge in [-0.1, -0.05) is 50.1 Å². The van der Waals surface area contributed by atoms with Crippen LogP contribution in [0.15, 0.2) is 35.6 Å². The molecule has 138 valence electrons. The van der Waals surface area contributed by atoms with Crippen LogP contribution >= 0.6 is 11.6 Å². The standard InChI is InChI=1S/C18H26ClN3O2S/c1-4-6-11-22-16(12-20-18(22)25(23,24)5-2)14-21(3)13-15-9-7-8-10-17(15)19/h7-10,12H,4-6,11,13-14H2,1-3H3. The summed E-state index contributed by atoms with van der Waals surface area (Å²) in [7, 11) is -1.33. The zero-order valence-corrected chi connectivity index (χ0v) is 16.6. The Bertz CT molecular complexity index is 802. The van der Waals surface area contributed by atoms with Crippen LogP contribution in [-0.2, 0) is 29.5 Å². The molecule has 1 aromatic carbocycles. The summed E-state index contributed by atoms with van der Waals surface area (Å²) in [6.45, 7) is 5.71. The molecule has 0 unspecified atom stereocenters. The lowest BCUT2D eigenvalue weighted by atomic mass is 10.2. The molecule has 0 aliphatic carbocycles. The average Bonchev–Trinajstić information content (AvgIpc) is 2.98. The van der Waals surface area contributed by atoms with Crippen LogP contribution in [0.2, 0.25) is 5.02 Å². The first-order valence-corrected chi connectivity index (χ1v) is 10.6. The molecular weight excluding hydrogens is 358 g/mol. The third-order valence-corrected chi connectivity index (χ3v) is 6.14. The van der Waals surface area contributed by atoms with Crippen molar-refractivity contribution < 1.29 is 8.42 Å². The van der Waals surface area contributed by atoms with Gasteiger partial charge in [0.2, 0.25) is 15.0 Å². The maximum Gasteiger partial charge on any atom is 0.227 e. The molecule has 0 aliphatic rings. The first-order valence-electron chi connectivity index (χ1n) is 8.58. The van der Waals surface area contributed by atoms with E-state index in [2.05, 4.69) is 16.8 Å². The second-order valence-corrected chi connectivity index (χ2v) is 8.78. The van der Waals surface area contributed by atoms with Gasteiger partial charge in [-0.3, -0.25) is 4.90 Å². The average molecular weight is 384 g/mol. The van der Waals surface area contributed by atoms with Crippen LogP contribution < -0.4 is 0 Å². The smallest absolute Gasteiger partial charge is 0.227 e. The number of hydrogen-bond acceptors (Lipinski definition) is 4. The lowest BCUT2D eigenvalue weighted by Gasteiger charge is -2.19. The number of halogens is 1. The molecule has 0 N–H and O–H groups in total. The van der Waals surface area contributed by atoms with Crippen molar-refractivity contribution in [2.24, 2.45) is 0 Å². The maximum absolute atomic E-state index is 12.3. The van der Waals surface area contributed by atoms with Gasteiger partial charge in [0.1, 0.15) is 0 Å². The molecule has 0 saturated carbocycles. The number of imidazole rings is 1. The van der Waals surface area contributed by atoms with E-state index in [1.165, 1.54) is 0 Å². The second-order valence-electron chi connectivity index (χ2n) is 6.20. The van der Waals surface area contributed by atoms with Gasteiger partial charge in [0, 0.05) is 24.7 Å². The van der Waals surface area contributed by atoms with Gasteiger partial charge in [0.25, 0.3) is 0 Å². The molecule has 0 aliphatic heterocycles. The quantitative estimate of drug-likeness (QED) is 0.661. The fourth-order valence-corrected chi connectivity index (χ4v) is 3.91. The van der Waals surface area contributed by atoms with Crippen LogP contribution in [-0.4, -0.2) is 35.7 Å². The monoisotopic (exact) mass is 383 g/mol. The zero-order valence-electron chi connectivity index (χ0n) is 15.1. The summed E-state index contributed by atoms with van der Waals surface area (Å²) in [5.41, 5.74) is 1.96. The molecule has 7 heteroatoms. The first kappa shape index (κ1) is 19.9. The molecule has 0 saturated heterocycles. The Labute approximate surface area is 155 Å². The summed E-state index contributed by atoms with van der Waals surface area (Å²) >= 11 is 6.23. The van der Waals surface area contributed by atoms with Crippen molar-refractivity contribution in [1.82, 2.24) is 14.5 Å². The van der Waals surface area contributed by atoms with E-state index in [9.17, 15) is 8.42 Å². The fraction of sp³-hybridized carbons (Fsp3) is 0.500. The van der Waals surface area contributed by atoms with Crippen molar-refractivity contribution in [1.29, 1.82) is 0 Å². The van der Waals surface area contributed by atoms with E-state index in [1.807, 2.05) is 35.9 Å². The number of nitrogens with zero attached hydrogens (tertiary/aromatic N) is 3. The lowest BCUT2D eigenvalue weighted by molar-refractivity contribution is 0.307. The molecule has 2 aromatic rings. The maximum atomic E-state index is 12.3. The molecule has 0 amide bonds. The number of aromatic nitrogens is 2. The number of unbranched alkanes of at least 4 members (excludes halogenated alkanes) is 1. The minimum absolute atomic E-state index is 0.0606. The van der Waals surface area contributed by atoms with Gasteiger partial charge >= 0.3 is 0 Å². The molecule has 1 aromatic heterocycles. The number of benzene rings is 1. The van der Waals surface area contributed by atoms with E-state index < -0.39 is 9.84 Å². The molecule has 25 heavy (non-hydrogen) atoms. The number of sulfone groups is 1. The van der Waals surface area contributed by atoms with Crippen LogP contribution in [0.3, 0.4) is 0 Å². The van der Waals surface area contributed by atoms with Gasteiger partial charge in [-0.05, 0) is 25.1 Å². The summed E-state index contributed by atoms with van der Waals surface area (Å²) in [4.78, 5) is 6.33. The molecule has 1 heterocycles. The highest BCUT2D eigenvalue weighted by Crippen LogP contribution is 2.19. The number of hydrogen-bond donors (Lipinski definition) is 0. The summed E-state index contributed by atoms with van der Waals surface area (Å²) in [6.07, 6.45) is 3.60. The van der Waals surface area contributed by atoms with Crippen molar-refractivity contribution in [3.8, 4) is 0 Å². The topological polar surface area (TPSA) is 55.2 Å². The van der Waals surface area contributed by atoms with E-state index in [0.717, 1.165) is 29.1 Å². The Kier molecular flexibility index (Phi) is 7.04. The third kappa shape index (κ3) is 5.06. The minimum Gasteiger partial charge on any atom is -0.318 e. The highest BCUT2D eigenvalue weighted by Gasteiger charge is 2.21. The fourth-order valence-electron chi connectivity index (χ4n) is 2.70. The van der Waals surface area contributed by atoms with E-state index in [4.69, 9.17) is 11.6 Å². The SMILES string of the molecule is CCCCn1c(CN(C)Cc2ccccc2Cl)cnc1S(=O)(=O)CC. The first-order chi connectivity index (χ1) is 11.9. The van der Waals surface area contributed by atoms with Crippen molar-refractivity contribution >= 4 is 21.4 Å². The Morgan fingerprint density at radius 1 is 1.20 bits per heavy atom. The number of rotatable bonds is 9. The second kappa shape index (κ2) is 8.83. The summed E-state index contributed by atoms with van der Waals surface area (Å²) < 4.78 is 26.5. The van der Waals surface area contributed by atoms with Gasteiger partial charge in [-0.15, -0.1) is 0 Å². The van der Waals surface area contributed by atoms with Gasteiger partial charge in [-0.2, -0.15) is 0 Å². The largest absolute Gasteiger partial charge is 0.318 e. The van der Waals surface area contributed by atoms with Crippen molar-refractivity contribution in [3.05, 3.63) is 46.7 Å². The highest BCUT2D eigenvalue weighted by molar-refractivity contribution is 7.91. The van der Waals surface area contributed by atoms with Gasteiger partial charge in [-0.25, -0.2) is 13.4 Å². The zero-order chi connectivity index (χ0) is 18.4. The van der Waals surface area contributed by atoms with Crippen molar-refractivity contribution in [3.63, 3.8) is 0 Å². The van der Waals surface area contributed by atoms with E-state index >= 15 is 0 Å². The Balaban J connectivity index is 2.22. The normalized spacial score (nSPS) is 12.0. The molecule has 0 fully saturated rings. The van der Waals surface area contributed by atoms with Gasteiger partial charge < -0.3 is 4.57 Å². The van der Waals surface area contributed by atoms with E-state index in [-0.39, 0.29) is 10.9 Å². The summed E-state index contributed by atoms with van der Waals surface area (Å²) in [6, 6.07) is 7.75. The van der Waals surface area contributed by atoms with Crippen molar-refractivity contribution in [2.45, 2.75) is 51.5 Å². The summed E-state index contributed by atoms with van der Waals surface area (Å²) in [5.74, 6) is 0.0606. The van der Waals surface area contributed by atoms with E-state index in [1.54, 1.807) is 13.1 Å². The Morgan fingerprint density at radius 3 is 2.56 bits per heavy atom. The summed E-state index contributed by atoms with van der Waals surface area (Å²) in [5, 5.41) is 0.924. The highest BCUT2D eigenvalue weighted by atomic mass is 35.5. The van der Waals surface area contributed by atoms with Crippen LogP contribution in [0.1, 0.15) is 37.9 Å². The van der Waals surface area contributed by atoms with Gasteiger partial charge in [0.05, 0.1) is 17.6 Å². The lowest BCUT2D eigenvalue weighted by Crippen LogP contribution is -2.21. The molecule has 0 spiro atoms. The third-order valence-electron chi connectivity index (χ3n) is 4.13. The molecular formula is C18H26ClN3O2S. The van der Waals surface area contributed by atoms with Crippen LogP contribution in [0, 0.1) is 0 Å². The van der Waals surface area contributed by atoms with Crippen LogP contribution in [0.5, 0.6) is 0 Å². The molecule has 5 nitrogen and oxygen atoms in total. The van der Waals surface area contributed by atoms with E-state index in [0.29, 0.717) is 19.6 Å². The predicted octanol–water partition coefficient (Wildman–Crippen LogP) is 3.76. The van der Waals surface area contributed by atoms with Gasteiger partial charge in [0.15, 0.2) is 0 Å². The van der Waals surface area contributed by atoms with Crippen LogP contribution in [0.25, 0.3) is 0 Å². The Morgan fingerprint density at radius 2 is 1.92 bits per heavy atom. The molecule has 2 rings (SSSR count).